The molecule has 4 nitrogen and oxygen atoms in total. The maximum absolute atomic E-state index is 7.50. The van der Waals surface area contributed by atoms with E-state index in [0.29, 0.717) is 5.71 Å². The van der Waals surface area contributed by atoms with E-state index in [4.69, 9.17) is 14.5 Å². The summed E-state index contributed by atoms with van der Waals surface area (Å²) in [6, 6.07) is 10.0. The zero-order valence-electron chi connectivity index (χ0n) is 8.84. The average molecular weight is 391 g/mol. The summed E-state index contributed by atoms with van der Waals surface area (Å²) in [5.74, 6) is 0. The third-order valence-corrected chi connectivity index (χ3v) is 1.03. The summed E-state index contributed by atoms with van der Waals surface area (Å²) >= 11 is 0. The Balaban J connectivity index is -0.0000000658. The van der Waals surface area contributed by atoms with Gasteiger partial charge in [0.25, 0.3) is 0 Å². The SMILES string of the molecule is C=CC(C)=N[OH2+].[C-]#[O+].[C-]#[O+].[W+2].c1cc[cH-]c1. The molecule has 0 radical (unpaired) electrons. The second-order valence-electron chi connectivity index (χ2n) is 1.92. The van der Waals surface area contributed by atoms with Crippen molar-refractivity contribution in [2.75, 3.05) is 0 Å². The van der Waals surface area contributed by atoms with Crippen LogP contribution in [-0.2, 0) is 30.4 Å². The van der Waals surface area contributed by atoms with Crippen molar-refractivity contribution in [1.82, 2.24) is 0 Å². The average Bonchev–Trinajstić information content (AvgIpc) is 2.92. The number of nitrogens with zero attached hydrogens (tertiary/aromatic N) is 1. The first-order chi connectivity index (χ1) is 7.31. The van der Waals surface area contributed by atoms with E-state index in [0.717, 1.165) is 0 Å². The predicted octanol–water partition coefficient (Wildman–Crippen LogP) is 1.60. The van der Waals surface area contributed by atoms with Crippen molar-refractivity contribution < 1.29 is 35.6 Å². The molecular formula is C11H13NO3W+2. The van der Waals surface area contributed by atoms with Crippen LogP contribution in [0.4, 0.5) is 0 Å². The monoisotopic (exact) mass is 391 g/mol. The first-order valence-electron chi connectivity index (χ1n) is 3.72. The Morgan fingerprint density at radius 2 is 1.69 bits per heavy atom. The minimum absolute atomic E-state index is 0. The van der Waals surface area contributed by atoms with Crippen LogP contribution >= 0.6 is 0 Å². The molecule has 0 bridgehead atoms. The molecule has 0 spiro atoms. The fraction of sp³-hybridized carbons (Fsp3) is 0.0909. The molecule has 0 amide bonds. The Hall–Kier alpha value is -1.27. The van der Waals surface area contributed by atoms with Gasteiger partial charge in [-0.05, 0) is 13.0 Å². The molecule has 84 valence electrons. The number of hydrogen-bond donors (Lipinski definition) is 0. The van der Waals surface area contributed by atoms with Gasteiger partial charge in [-0.25, -0.2) is 12.1 Å². The molecule has 0 aliphatic rings. The smallest absolute Gasteiger partial charge is 0.214 e. The van der Waals surface area contributed by atoms with Gasteiger partial charge < -0.3 is 5.21 Å². The predicted molar refractivity (Wildman–Crippen MR) is 56.8 cm³/mol. The molecule has 0 aliphatic heterocycles. The Bertz CT molecular complexity index is 253. The summed E-state index contributed by atoms with van der Waals surface area (Å²) in [5.41, 5.74) is 0.648. The summed E-state index contributed by atoms with van der Waals surface area (Å²) in [6.45, 7) is 14.1. The standard InChI is InChI=1S/C5H5.C4H7NO.2CO.W/c1-2-4-5-3-1;1-3-4(2)5-6;2*1-2;/h1-5H;3,6H,1H2,2H3;;;/q-1;;;;+2/p+1. The molecule has 16 heavy (non-hydrogen) atoms. The van der Waals surface area contributed by atoms with Crippen molar-refractivity contribution in [3.05, 3.63) is 56.3 Å². The summed E-state index contributed by atoms with van der Waals surface area (Å²) in [5, 5.41) is 9.38. The topological polar surface area (TPSA) is 75.1 Å². The van der Waals surface area contributed by atoms with E-state index in [2.05, 4.69) is 25.0 Å². The van der Waals surface area contributed by atoms with Crippen LogP contribution in [0.25, 0.3) is 0 Å². The minimum Gasteiger partial charge on any atom is -0.214 e. The quantitative estimate of drug-likeness (QED) is 0.302. The van der Waals surface area contributed by atoms with E-state index in [1.165, 1.54) is 6.08 Å². The number of rotatable bonds is 1. The Morgan fingerprint density at radius 3 is 1.75 bits per heavy atom. The van der Waals surface area contributed by atoms with Gasteiger partial charge in [-0.15, -0.1) is 0 Å². The van der Waals surface area contributed by atoms with Crippen LogP contribution < -0.4 is 0 Å². The van der Waals surface area contributed by atoms with Gasteiger partial charge in [0, 0.05) is 0 Å². The van der Waals surface area contributed by atoms with Crippen LogP contribution in [0.3, 0.4) is 0 Å². The zero-order chi connectivity index (χ0) is 12.5. The number of hydrogen-bond acceptors (Lipinski definition) is 1. The van der Waals surface area contributed by atoms with Gasteiger partial charge in [0.05, 0.1) is 5.16 Å². The molecule has 1 aromatic carbocycles. The molecule has 0 saturated carbocycles. The molecule has 0 heterocycles. The fourth-order valence-corrected chi connectivity index (χ4v) is 0.366. The van der Waals surface area contributed by atoms with Crippen LogP contribution in [0.2, 0.25) is 0 Å². The Morgan fingerprint density at radius 1 is 1.31 bits per heavy atom. The maximum Gasteiger partial charge on any atom is 2.00 e. The Kier molecular flexibility index (Phi) is 44.0. The summed E-state index contributed by atoms with van der Waals surface area (Å²) in [4.78, 5) is 0. The molecule has 1 rings (SSSR count). The maximum atomic E-state index is 7.50. The van der Waals surface area contributed by atoms with E-state index >= 15 is 0 Å². The number of allylic oxidation sites excluding steroid dienone is 1. The summed E-state index contributed by atoms with van der Waals surface area (Å²) in [7, 11) is 0. The summed E-state index contributed by atoms with van der Waals surface area (Å²) in [6.07, 6.45) is 1.53. The van der Waals surface area contributed by atoms with Gasteiger partial charge in [-0.2, -0.15) is 18.2 Å². The van der Waals surface area contributed by atoms with Gasteiger partial charge in [0.2, 0.25) is 0 Å². The van der Waals surface area contributed by atoms with Gasteiger partial charge >= 0.3 is 43.7 Å². The third-order valence-electron chi connectivity index (χ3n) is 1.03. The first-order valence-corrected chi connectivity index (χ1v) is 3.72. The van der Waals surface area contributed by atoms with Crippen molar-refractivity contribution >= 4 is 5.71 Å². The van der Waals surface area contributed by atoms with E-state index in [-0.39, 0.29) is 21.1 Å². The van der Waals surface area contributed by atoms with Crippen molar-refractivity contribution in [2.24, 2.45) is 5.16 Å². The normalized spacial score (nSPS) is 6.94. The molecule has 0 aliphatic carbocycles. The summed E-state index contributed by atoms with van der Waals surface area (Å²) < 4.78 is 15.0. The van der Waals surface area contributed by atoms with E-state index in [1.54, 1.807) is 6.92 Å². The molecular weight excluding hydrogens is 378 g/mol. The van der Waals surface area contributed by atoms with Gasteiger partial charge in [0.15, 0.2) is 0 Å². The zero-order valence-corrected chi connectivity index (χ0v) is 11.8. The fourth-order valence-electron chi connectivity index (χ4n) is 0.366. The molecule has 0 aromatic heterocycles. The second-order valence-corrected chi connectivity index (χ2v) is 1.92. The molecule has 2 N–H and O–H groups in total. The van der Waals surface area contributed by atoms with Gasteiger partial charge in [0.1, 0.15) is 5.71 Å². The third kappa shape index (κ3) is 29.3. The van der Waals surface area contributed by atoms with Gasteiger partial charge in [-0.3, -0.25) is 0 Å². The van der Waals surface area contributed by atoms with Crippen LogP contribution in [-0.4, -0.2) is 10.9 Å². The van der Waals surface area contributed by atoms with Crippen molar-refractivity contribution in [3.8, 4) is 0 Å². The van der Waals surface area contributed by atoms with E-state index in [1.807, 2.05) is 30.3 Å². The molecule has 0 atom stereocenters. The van der Waals surface area contributed by atoms with Crippen molar-refractivity contribution in [3.63, 3.8) is 0 Å². The minimum atomic E-state index is 0. The van der Waals surface area contributed by atoms with Crippen LogP contribution in [0.1, 0.15) is 6.92 Å². The molecule has 0 fully saturated rings. The van der Waals surface area contributed by atoms with Crippen molar-refractivity contribution in [2.45, 2.75) is 6.92 Å². The second kappa shape index (κ2) is 29.2. The molecule has 5 heteroatoms. The molecule has 1 aromatic rings. The van der Waals surface area contributed by atoms with Crippen LogP contribution in [0.15, 0.2) is 48.1 Å². The largest absolute Gasteiger partial charge is 2.00 e. The molecule has 0 unspecified atom stereocenters. The molecule has 0 saturated heterocycles. The van der Waals surface area contributed by atoms with Crippen molar-refractivity contribution in [1.29, 1.82) is 0 Å². The van der Waals surface area contributed by atoms with Crippen LogP contribution in [0, 0.1) is 13.3 Å². The first kappa shape index (κ1) is 24.1. The van der Waals surface area contributed by atoms with E-state index in [9.17, 15) is 0 Å². The Labute approximate surface area is 110 Å². The van der Waals surface area contributed by atoms with Gasteiger partial charge in [-0.1, -0.05) is 6.58 Å². The van der Waals surface area contributed by atoms with Crippen LogP contribution in [0.5, 0.6) is 0 Å². The van der Waals surface area contributed by atoms with E-state index < -0.39 is 0 Å².